The highest BCUT2D eigenvalue weighted by Crippen LogP contribution is 2.21. The first-order valence-electron chi connectivity index (χ1n) is 7.60. The van der Waals surface area contributed by atoms with Crippen LogP contribution in [-0.2, 0) is 6.54 Å². The first kappa shape index (κ1) is 14.6. The number of anilines is 1. The summed E-state index contributed by atoms with van der Waals surface area (Å²) in [4.78, 5) is 22.8. The molecule has 1 amide bonds. The molecule has 0 aliphatic carbocycles. The molecule has 0 bridgehead atoms. The van der Waals surface area contributed by atoms with Gasteiger partial charge in [-0.25, -0.2) is 9.97 Å². The number of furan rings is 1. The minimum atomic E-state index is -0.217. The zero-order valence-corrected chi connectivity index (χ0v) is 12.7. The minimum absolute atomic E-state index is 0.217. The van der Waals surface area contributed by atoms with E-state index in [1.165, 1.54) is 12.7 Å². The number of hydrogen-bond acceptors (Lipinski definition) is 5. The fraction of sp³-hybridized carbons (Fsp3) is 0.438. The number of hydrogen-bond donors (Lipinski definition) is 1. The van der Waals surface area contributed by atoms with Gasteiger partial charge in [0.25, 0.3) is 5.91 Å². The highest BCUT2D eigenvalue weighted by molar-refractivity contribution is 5.92. The van der Waals surface area contributed by atoms with Crippen molar-refractivity contribution in [1.29, 1.82) is 0 Å². The summed E-state index contributed by atoms with van der Waals surface area (Å²) in [5, 5.41) is 2.80. The zero-order chi connectivity index (χ0) is 15.4. The average molecular weight is 300 g/mol. The van der Waals surface area contributed by atoms with Crippen molar-refractivity contribution in [2.24, 2.45) is 5.92 Å². The molecule has 1 N–H and O–H groups in total. The van der Waals surface area contributed by atoms with Gasteiger partial charge in [0.15, 0.2) is 0 Å². The number of amides is 1. The molecular formula is C16H20N4O2. The van der Waals surface area contributed by atoms with Crippen LogP contribution in [0.3, 0.4) is 0 Å². The van der Waals surface area contributed by atoms with Crippen LogP contribution in [-0.4, -0.2) is 29.0 Å². The summed E-state index contributed by atoms with van der Waals surface area (Å²) in [7, 11) is 0. The van der Waals surface area contributed by atoms with Crippen LogP contribution in [0.25, 0.3) is 0 Å². The van der Waals surface area contributed by atoms with Crippen molar-refractivity contribution in [3.05, 3.63) is 42.2 Å². The van der Waals surface area contributed by atoms with Crippen molar-refractivity contribution < 1.29 is 9.21 Å². The van der Waals surface area contributed by atoms with Crippen LogP contribution in [0.5, 0.6) is 0 Å². The van der Waals surface area contributed by atoms with E-state index in [-0.39, 0.29) is 5.91 Å². The second-order valence-corrected chi connectivity index (χ2v) is 5.72. The van der Waals surface area contributed by atoms with E-state index in [4.69, 9.17) is 4.42 Å². The molecule has 1 aliphatic heterocycles. The third-order valence-electron chi connectivity index (χ3n) is 3.87. The van der Waals surface area contributed by atoms with E-state index in [1.807, 2.05) is 6.07 Å². The van der Waals surface area contributed by atoms with Crippen molar-refractivity contribution >= 4 is 11.7 Å². The monoisotopic (exact) mass is 300 g/mol. The number of aromatic nitrogens is 2. The Balaban J connectivity index is 1.66. The molecule has 1 unspecified atom stereocenters. The van der Waals surface area contributed by atoms with Crippen molar-refractivity contribution in [3.8, 4) is 0 Å². The first-order chi connectivity index (χ1) is 10.7. The molecule has 1 atom stereocenters. The number of nitrogens with zero attached hydrogens (tertiary/aromatic N) is 3. The number of piperidine rings is 1. The molecule has 1 aliphatic rings. The van der Waals surface area contributed by atoms with Crippen LogP contribution < -0.4 is 10.2 Å². The van der Waals surface area contributed by atoms with Gasteiger partial charge in [0, 0.05) is 19.2 Å². The molecule has 6 heteroatoms. The lowest BCUT2D eigenvalue weighted by Gasteiger charge is -2.31. The summed E-state index contributed by atoms with van der Waals surface area (Å²) in [5.41, 5.74) is 0.384. The molecule has 0 radical (unpaired) electrons. The quantitative estimate of drug-likeness (QED) is 0.937. The molecule has 6 nitrogen and oxygen atoms in total. The van der Waals surface area contributed by atoms with Gasteiger partial charge in [0.1, 0.15) is 23.6 Å². The molecule has 1 saturated heterocycles. The Morgan fingerprint density at radius 1 is 1.50 bits per heavy atom. The fourth-order valence-corrected chi connectivity index (χ4v) is 2.71. The Bertz CT molecular complexity index is 627. The number of carbonyl (C=O) groups excluding carboxylic acids is 1. The third-order valence-corrected chi connectivity index (χ3v) is 3.87. The largest absolute Gasteiger partial charge is 0.467 e. The van der Waals surface area contributed by atoms with E-state index in [0.717, 1.165) is 25.3 Å². The third kappa shape index (κ3) is 3.44. The van der Waals surface area contributed by atoms with Gasteiger partial charge in [-0.2, -0.15) is 0 Å². The predicted molar refractivity (Wildman–Crippen MR) is 82.5 cm³/mol. The number of carbonyl (C=O) groups is 1. The standard InChI is InChI=1S/C16H20N4O2/c1-12-4-2-6-20(10-12)15-8-14(18-11-19-15)16(21)17-9-13-5-3-7-22-13/h3,5,7-8,11-12H,2,4,6,9-10H2,1H3,(H,17,21). The second-order valence-electron chi connectivity index (χ2n) is 5.72. The van der Waals surface area contributed by atoms with Crippen LogP contribution in [0.4, 0.5) is 5.82 Å². The van der Waals surface area contributed by atoms with Gasteiger partial charge in [-0.15, -0.1) is 0 Å². The molecule has 22 heavy (non-hydrogen) atoms. The van der Waals surface area contributed by atoms with Crippen molar-refractivity contribution in [2.75, 3.05) is 18.0 Å². The van der Waals surface area contributed by atoms with Gasteiger partial charge < -0.3 is 14.6 Å². The Kier molecular flexibility index (Phi) is 4.37. The highest BCUT2D eigenvalue weighted by Gasteiger charge is 2.19. The Morgan fingerprint density at radius 3 is 3.18 bits per heavy atom. The van der Waals surface area contributed by atoms with Crippen LogP contribution in [0.1, 0.15) is 36.0 Å². The molecule has 0 saturated carbocycles. The van der Waals surface area contributed by atoms with Crippen LogP contribution in [0, 0.1) is 5.92 Å². The fourth-order valence-electron chi connectivity index (χ4n) is 2.71. The van der Waals surface area contributed by atoms with Crippen LogP contribution >= 0.6 is 0 Å². The molecule has 2 aromatic heterocycles. The molecule has 2 aromatic rings. The predicted octanol–water partition coefficient (Wildman–Crippen LogP) is 2.24. The van der Waals surface area contributed by atoms with Gasteiger partial charge in [-0.1, -0.05) is 6.92 Å². The number of nitrogens with one attached hydrogen (secondary N) is 1. The van der Waals surface area contributed by atoms with E-state index >= 15 is 0 Å². The van der Waals surface area contributed by atoms with Gasteiger partial charge in [0.2, 0.25) is 0 Å². The summed E-state index contributed by atoms with van der Waals surface area (Å²) >= 11 is 0. The zero-order valence-electron chi connectivity index (χ0n) is 12.7. The van der Waals surface area contributed by atoms with E-state index in [0.29, 0.717) is 23.9 Å². The normalized spacial score (nSPS) is 18.2. The summed E-state index contributed by atoms with van der Waals surface area (Å²) < 4.78 is 5.19. The molecule has 116 valence electrons. The van der Waals surface area contributed by atoms with Crippen molar-refractivity contribution in [1.82, 2.24) is 15.3 Å². The van der Waals surface area contributed by atoms with Crippen LogP contribution in [0.2, 0.25) is 0 Å². The lowest BCUT2D eigenvalue weighted by Crippen LogP contribution is -2.35. The first-order valence-corrected chi connectivity index (χ1v) is 7.60. The summed E-state index contributed by atoms with van der Waals surface area (Å²) in [5.74, 6) is 1.97. The lowest BCUT2D eigenvalue weighted by molar-refractivity contribution is 0.0943. The summed E-state index contributed by atoms with van der Waals surface area (Å²) in [6, 6.07) is 5.37. The topological polar surface area (TPSA) is 71.3 Å². The van der Waals surface area contributed by atoms with Crippen LogP contribution in [0.15, 0.2) is 35.2 Å². The number of rotatable bonds is 4. The van der Waals surface area contributed by atoms with E-state index in [9.17, 15) is 4.79 Å². The Labute approximate surface area is 129 Å². The van der Waals surface area contributed by atoms with Gasteiger partial charge >= 0.3 is 0 Å². The van der Waals surface area contributed by atoms with E-state index < -0.39 is 0 Å². The van der Waals surface area contributed by atoms with Crippen molar-refractivity contribution in [2.45, 2.75) is 26.3 Å². The van der Waals surface area contributed by atoms with Gasteiger partial charge in [0.05, 0.1) is 12.8 Å². The molecule has 0 aromatic carbocycles. The molecule has 3 rings (SSSR count). The summed E-state index contributed by atoms with van der Waals surface area (Å²) in [6.07, 6.45) is 5.45. The molecular weight excluding hydrogens is 280 g/mol. The maximum atomic E-state index is 12.2. The maximum absolute atomic E-state index is 12.2. The summed E-state index contributed by atoms with van der Waals surface area (Å²) in [6.45, 7) is 4.55. The average Bonchev–Trinajstić information content (AvgIpc) is 3.06. The highest BCUT2D eigenvalue weighted by atomic mass is 16.3. The molecule has 0 spiro atoms. The Morgan fingerprint density at radius 2 is 2.41 bits per heavy atom. The van der Waals surface area contributed by atoms with Gasteiger partial charge in [-0.05, 0) is 30.9 Å². The minimum Gasteiger partial charge on any atom is -0.467 e. The second kappa shape index (κ2) is 6.60. The lowest BCUT2D eigenvalue weighted by atomic mass is 10.0. The van der Waals surface area contributed by atoms with E-state index in [1.54, 1.807) is 18.4 Å². The van der Waals surface area contributed by atoms with E-state index in [2.05, 4.69) is 27.1 Å². The molecule has 3 heterocycles. The molecule has 1 fully saturated rings. The van der Waals surface area contributed by atoms with Gasteiger partial charge in [-0.3, -0.25) is 4.79 Å². The SMILES string of the molecule is CC1CCCN(c2cc(C(=O)NCc3ccco3)ncn2)C1. The smallest absolute Gasteiger partial charge is 0.270 e. The maximum Gasteiger partial charge on any atom is 0.270 e. The van der Waals surface area contributed by atoms with Crippen molar-refractivity contribution in [3.63, 3.8) is 0 Å². The Hall–Kier alpha value is -2.37.